The second-order valence-corrected chi connectivity index (χ2v) is 7.04. The molecule has 0 spiro atoms. The molecule has 0 aliphatic carbocycles. The van der Waals surface area contributed by atoms with Crippen LogP contribution in [-0.2, 0) is 6.54 Å². The maximum Gasteiger partial charge on any atom is 0.217 e. The van der Waals surface area contributed by atoms with Gasteiger partial charge in [-0.25, -0.2) is 4.98 Å². The zero-order valence-corrected chi connectivity index (χ0v) is 14.8. The molecule has 1 aromatic heterocycles. The summed E-state index contributed by atoms with van der Waals surface area (Å²) in [5.41, 5.74) is 5.72. The Kier molecular flexibility index (Phi) is 4.55. The van der Waals surface area contributed by atoms with E-state index in [4.69, 9.17) is 0 Å². The Morgan fingerprint density at radius 2 is 1.70 bits per heavy atom. The number of rotatable bonds is 3. The van der Waals surface area contributed by atoms with Crippen molar-refractivity contribution in [3.8, 4) is 5.75 Å². The number of aromatic nitrogens is 1. The van der Waals surface area contributed by atoms with Gasteiger partial charge in [-0.15, -0.1) is 0 Å². The van der Waals surface area contributed by atoms with E-state index in [-0.39, 0.29) is 0 Å². The van der Waals surface area contributed by atoms with E-state index < -0.39 is 0 Å². The van der Waals surface area contributed by atoms with Gasteiger partial charge in [0.1, 0.15) is 44.0 Å². The summed E-state index contributed by atoms with van der Waals surface area (Å²) in [4.78, 5) is 6.82. The number of quaternary nitrogens is 2. The van der Waals surface area contributed by atoms with Crippen LogP contribution >= 0.6 is 0 Å². The highest BCUT2D eigenvalue weighted by Crippen LogP contribution is 2.29. The molecule has 23 heavy (non-hydrogen) atoms. The monoisotopic (exact) mass is 316 g/mol. The standard InChI is InChI=1S/C19H27N3O/c1-5-21-8-10-22(11-9-21)12-17-15(4)20-18-14(3)13(2)6-7-16(18)19(17)23/h6-7H,5,8-12H2,1-4H3,(H,20,23)/p+3. The summed E-state index contributed by atoms with van der Waals surface area (Å²) in [6.07, 6.45) is 0. The number of fused-ring (bicyclic) bond motifs is 1. The Bertz CT molecular complexity index is 718. The second-order valence-electron chi connectivity index (χ2n) is 7.04. The van der Waals surface area contributed by atoms with Gasteiger partial charge in [0.15, 0.2) is 5.69 Å². The van der Waals surface area contributed by atoms with E-state index in [9.17, 15) is 5.11 Å². The van der Waals surface area contributed by atoms with Crippen molar-refractivity contribution in [3.05, 3.63) is 34.5 Å². The first kappa shape index (κ1) is 16.2. The molecule has 2 heterocycles. The number of benzene rings is 1. The van der Waals surface area contributed by atoms with Gasteiger partial charge in [-0.2, -0.15) is 0 Å². The van der Waals surface area contributed by atoms with Crippen molar-refractivity contribution in [1.29, 1.82) is 0 Å². The Labute approximate surface area is 138 Å². The van der Waals surface area contributed by atoms with Crippen molar-refractivity contribution in [3.63, 3.8) is 0 Å². The number of likely N-dealkylation sites (N-methyl/N-ethyl adjacent to an activating group) is 1. The number of hydrogen-bond acceptors (Lipinski definition) is 1. The van der Waals surface area contributed by atoms with Crippen LogP contribution in [0.4, 0.5) is 0 Å². The van der Waals surface area contributed by atoms with Crippen molar-refractivity contribution < 1.29 is 19.9 Å². The Morgan fingerprint density at radius 3 is 2.35 bits per heavy atom. The normalized spacial score (nSPS) is 21.7. The smallest absolute Gasteiger partial charge is 0.217 e. The van der Waals surface area contributed by atoms with E-state index in [1.54, 1.807) is 9.80 Å². The molecule has 4 heteroatoms. The molecule has 1 aromatic carbocycles. The van der Waals surface area contributed by atoms with E-state index in [1.165, 1.54) is 43.9 Å². The van der Waals surface area contributed by atoms with Gasteiger partial charge >= 0.3 is 0 Å². The average Bonchev–Trinajstić information content (AvgIpc) is 2.56. The number of aromatic amines is 1. The SMILES string of the molecule is CC[NH+]1CC[NH+](Cc2c(C)[nH+]c3c(C)c(C)ccc3c2O)CC1. The molecule has 1 saturated heterocycles. The molecular weight excluding hydrogens is 286 g/mol. The molecule has 0 saturated carbocycles. The molecule has 2 aromatic rings. The fourth-order valence-corrected chi connectivity index (χ4v) is 3.73. The molecule has 124 valence electrons. The maximum absolute atomic E-state index is 10.8. The zero-order valence-electron chi connectivity index (χ0n) is 14.8. The van der Waals surface area contributed by atoms with Gasteiger partial charge in [0.25, 0.3) is 0 Å². The summed E-state index contributed by atoms with van der Waals surface area (Å²) in [6, 6.07) is 4.14. The summed E-state index contributed by atoms with van der Waals surface area (Å²) >= 11 is 0. The predicted molar refractivity (Wildman–Crippen MR) is 92.0 cm³/mol. The fraction of sp³-hybridized carbons (Fsp3) is 0.526. The molecule has 4 N–H and O–H groups in total. The lowest BCUT2D eigenvalue weighted by Gasteiger charge is -2.29. The largest absolute Gasteiger partial charge is 0.506 e. The Hall–Kier alpha value is -1.65. The van der Waals surface area contributed by atoms with Crippen LogP contribution in [0.1, 0.15) is 29.3 Å². The molecule has 3 rings (SSSR count). The molecule has 1 aliphatic heterocycles. The van der Waals surface area contributed by atoms with Gasteiger partial charge < -0.3 is 14.9 Å². The quantitative estimate of drug-likeness (QED) is 0.708. The summed E-state index contributed by atoms with van der Waals surface area (Å²) in [6.45, 7) is 15.6. The topological polar surface area (TPSA) is 43.2 Å². The molecular formula is C19H30N3O+3. The minimum atomic E-state index is 0.470. The number of hydrogen-bond donors (Lipinski definition) is 3. The number of aryl methyl sites for hydroxylation is 3. The number of pyridine rings is 1. The first-order valence-corrected chi connectivity index (χ1v) is 8.82. The minimum Gasteiger partial charge on any atom is -0.506 e. The van der Waals surface area contributed by atoms with Crippen LogP contribution in [0.3, 0.4) is 0 Å². The van der Waals surface area contributed by atoms with Crippen LogP contribution < -0.4 is 14.8 Å². The van der Waals surface area contributed by atoms with E-state index in [0.29, 0.717) is 5.75 Å². The number of piperazine rings is 1. The molecule has 0 atom stereocenters. The third-order valence-electron chi connectivity index (χ3n) is 5.63. The van der Waals surface area contributed by atoms with E-state index in [0.717, 1.165) is 28.7 Å². The van der Waals surface area contributed by atoms with Crippen molar-refractivity contribution in [2.24, 2.45) is 0 Å². The van der Waals surface area contributed by atoms with Crippen LogP contribution in [0.5, 0.6) is 5.75 Å². The first-order valence-electron chi connectivity index (χ1n) is 8.82. The highest BCUT2D eigenvalue weighted by molar-refractivity contribution is 5.86. The minimum absolute atomic E-state index is 0.470. The molecule has 1 aliphatic rings. The highest BCUT2D eigenvalue weighted by Gasteiger charge is 2.26. The van der Waals surface area contributed by atoms with Crippen LogP contribution in [0.2, 0.25) is 0 Å². The molecule has 0 unspecified atom stereocenters. The zero-order chi connectivity index (χ0) is 16.6. The first-order chi connectivity index (χ1) is 11.0. The van der Waals surface area contributed by atoms with Gasteiger partial charge in [-0.1, -0.05) is 6.07 Å². The summed E-state index contributed by atoms with van der Waals surface area (Å²) in [5.74, 6) is 0.470. The summed E-state index contributed by atoms with van der Waals surface area (Å²) in [7, 11) is 0. The van der Waals surface area contributed by atoms with Gasteiger partial charge in [-0.3, -0.25) is 0 Å². The van der Waals surface area contributed by atoms with Crippen molar-refractivity contribution in [1.82, 2.24) is 0 Å². The van der Waals surface area contributed by atoms with Crippen LogP contribution in [0.15, 0.2) is 12.1 Å². The highest BCUT2D eigenvalue weighted by atomic mass is 16.3. The lowest BCUT2D eigenvalue weighted by atomic mass is 10.0. The second kappa shape index (κ2) is 6.46. The van der Waals surface area contributed by atoms with Gasteiger partial charge in [0.05, 0.1) is 11.9 Å². The third-order valence-corrected chi connectivity index (χ3v) is 5.63. The van der Waals surface area contributed by atoms with Gasteiger partial charge in [-0.05, 0) is 32.4 Å². The van der Waals surface area contributed by atoms with Crippen LogP contribution in [0.25, 0.3) is 10.9 Å². The van der Waals surface area contributed by atoms with E-state index in [1.807, 2.05) is 6.07 Å². The van der Waals surface area contributed by atoms with E-state index in [2.05, 4.69) is 38.7 Å². The third kappa shape index (κ3) is 3.06. The summed E-state index contributed by atoms with van der Waals surface area (Å²) < 4.78 is 0. The van der Waals surface area contributed by atoms with Crippen LogP contribution in [-0.4, -0.2) is 37.8 Å². The fourth-order valence-electron chi connectivity index (χ4n) is 3.73. The lowest BCUT2D eigenvalue weighted by Crippen LogP contribution is -3.27. The van der Waals surface area contributed by atoms with Gasteiger partial charge in [0, 0.05) is 12.5 Å². The van der Waals surface area contributed by atoms with Gasteiger partial charge in [0.2, 0.25) is 5.52 Å². The molecule has 0 amide bonds. The van der Waals surface area contributed by atoms with Crippen molar-refractivity contribution in [2.75, 3.05) is 32.7 Å². The number of nitrogens with one attached hydrogen (secondary N) is 3. The molecule has 0 bridgehead atoms. The van der Waals surface area contributed by atoms with Crippen molar-refractivity contribution in [2.45, 2.75) is 34.2 Å². The Balaban J connectivity index is 1.91. The maximum atomic E-state index is 10.8. The molecule has 0 radical (unpaired) electrons. The number of H-pyrrole nitrogens is 1. The lowest BCUT2D eigenvalue weighted by molar-refractivity contribution is -1.02. The number of aromatic hydroxyl groups is 1. The van der Waals surface area contributed by atoms with E-state index >= 15 is 0 Å². The summed E-state index contributed by atoms with van der Waals surface area (Å²) in [5, 5.41) is 11.8. The van der Waals surface area contributed by atoms with Crippen molar-refractivity contribution >= 4 is 10.9 Å². The Morgan fingerprint density at radius 1 is 1.04 bits per heavy atom. The molecule has 1 fully saturated rings. The average molecular weight is 316 g/mol. The predicted octanol–water partition coefficient (Wildman–Crippen LogP) is -0.412. The molecule has 4 nitrogen and oxygen atoms in total. The van der Waals surface area contributed by atoms with Crippen LogP contribution in [0, 0.1) is 20.8 Å².